The van der Waals surface area contributed by atoms with Crippen molar-refractivity contribution in [2.75, 3.05) is 29.1 Å². The van der Waals surface area contributed by atoms with Crippen molar-refractivity contribution in [2.24, 2.45) is 0 Å². The molecule has 0 saturated heterocycles. The predicted octanol–water partition coefficient (Wildman–Crippen LogP) is 3.33. The van der Waals surface area contributed by atoms with Gasteiger partial charge in [0.15, 0.2) is 0 Å². The van der Waals surface area contributed by atoms with Crippen LogP contribution in [-0.4, -0.2) is 36.7 Å². The largest absolute Gasteiger partial charge is 0.462 e. The van der Waals surface area contributed by atoms with Crippen LogP contribution in [0.25, 0.3) is 0 Å². The number of hydrogen-bond donors (Lipinski definition) is 1. The summed E-state index contributed by atoms with van der Waals surface area (Å²) < 4.78 is 4.93. The van der Waals surface area contributed by atoms with Crippen molar-refractivity contribution in [3.05, 3.63) is 54.1 Å². The van der Waals surface area contributed by atoms with E-state index in [1.807, 2.05) is 24.3 Å². The van der Waals surface area contributed by atoms with E-state index in [-0.39, 0.29) is 18.2 Å². The maximum atomic E-state index is 12.2. The molecule has 0 radical (unpaired) electrons. The third-order valence-electron chi connectivity index (χ3n) is 4.05. The summed E-state index contributed by atoms with van der Waals surface area (Å²) in [5.74, 6) is -0.197. The molecule has 0 aliphatic carbocycles. The smallest absolute Gasteiger partial charge is 0.338 e. The van der Waals surface area contributed by atoms with Crippen LogP contribution in [0.1, 0.15) is 23.7 Å². The Labute approximate surface area is 161 Å². The molecule has 7 heteroatoms. The highest BCUT2D eigenvalue weighted by Crippen LogP contribution is 2.34. The van der Waals surface area contributed by atoms with Gasteiger partial charge in [-0.05, 0) is 43.3 Å². The molecule has 1 heterocycles. The number of para-hydroxylation sites is 1. The van der Waals surface area contributed by atoms with Gasteiger partial charge in [0.05, 0.1) is 23.6 Å². The molecular formula is C20H20N2O4S. The van der Waals surface area contributed by atoms with Gasteiger partial charge in [-0.25, -0.2) is 4.79 Å². The summed E-state index contributed by atoms with van der Waals surface area (Å²) in [7, 11) is 0. The van der Waals surface area contributed by atoms with Gasteiger partial charge in [-0.2, -0.15) is 0 Å². The highest BCUT2D eigenvalue weighted by Gasteiger charge is 2.24. The maximum absolute atomic E-state index is 12.2. The fraction of sp³-hybridized carbons (Fsp3) is 0.250. The average Bonchev–Trinajstić information content (AvgIpc) is 2.68. The summed E-state index contributed by atoms with van der Waals surface area (Å²) in [5, 5.41) is 2.78. The molecule has 0 atom stereocenters. The monoisotopic (exact) mass is 384 g/mol. The Bertz CT molecular complexity index is 851. The highest BCUT2D eigenvalue weighted by atomic mass is 32.2. The number of nitrogens with zero attached hydrogens (tertiary/aromatic N) is 1. The third kappa shape index (κ3) is 4.68. The molecule has 2 aromatic rings. The molecular weight excluding hydrogens is 364 g/mol. The Morgan fingerprint density at radius 2 is 1.89 bits per heavy atom. The third-order valence-corrected chi connectivity index (χ3v) is 5.10. The summed E-state index contributed by atoms with van der Waals surface area (Å²) in [4.78, 5) is 38.8. The molecule has 27 heavy (non-hydrogen) atoms. The molecule has 0 bridgehead atoms. The van der Waals surface area contributed by atoms with Crippen LogP contribution in [0.5, 0.6) is 0 Å². The zero-order valence-electron chi connectivity index (χ0n) is 14.9. The van der Waals surface area contributed by atoms with Crippen molar-refractivity contribution in [3.63, 3.8) is 0 Å². The molecule has 1 aliphatic heterocycles. The highest BCUT2D eigenvalue weighted by molar-refractivity contribution is 8.00. The number of amides is 2. The number of carbonyl (C=O) groups is 3. The minimum Gasteiger partial charge on any atom is -0.462 e. The van der Waals surface area contributed by atoms with Crippen LogP contribution in [0, 0.1) is 0 Å². The van der Waals surface area contributed by atoms with Crippen molar-refractivity contribution < 1.29 is 19.1 Å². The predicted molar refractivity (Wildman–Crippen MR) is 105 cm³/mol. The van der Waals surface area contributed by atoms with Crippen molar-refractivity contribution in [1.82, 2.24) is 0 Å². The lowest BCUT2D eigenvalue weighted by molar-refractivity contribution is -0.117. The summed E-state index contributed by atoms with van der Waals surface area (Å²) >= 11 is 1.51. The van der Waals surface area contributed by atoms with E-state index in [0.717, 1.165) is 10.6 Å². The van der Waals surface area contributed by atoms with Gasteiger partial charge in [-0.3, -0.25) is 9.59 Å². The number of rotatable bonds is 6. The Morgan fingerprint density at radius 1 is 1.15 bits per heavy atom. The topological polar surface area (TPSA) is 75.7 Å². The summed E-state index contributed by atoms with van der Waals surface area (Å²) in [6, 6.07) is 14.2. The number of benzene rings is 2. The molecule has 0 saturated carbocycles. The van der Waals surface area contributed by atoms with Crippen LogP contribution in [0.3, 0.4) is 0 Å². The lowest BCUT2D eigenvalue weighted by atomic mass is 10.2. The first-order chi connectivity index (χ1) is 13.1. The number of anilines is 2. The fourth-order valence-corrected chi connectivity index (χ4v) is 3.68. The molecule has 1 aliphatic rings. The minimum absolute atomic E-state index is 0.00490. The zero-order chi connectivity index (χ0) is 19.2. The second-order valence-corrected chi connectivity index (χ2v) is 6.91. The number of fused-ring (bicyclic) bond motifs is 1. The summed E-state index contributed by atoms with van der Waals surface area (Å²) in [6.07, 6.45) is 0.185. The lowest BCUT2D eigenvalue weighted by Crippen LogP contribution is -2.37. The van der Waals surface area contributed by atoms with Gasteiger partial charge in [0, 0.05) is 23.5 Å². The second-order valence-electron chi connectivity index (χ2n) is 5.90. The number of esters is 1. The van der Waals surface area contributed by atoms with Gasteiger partial charge >= 0.3 is 5.97 Å². The van der Waals surface area contributed by atoms with E-state index < -0.39 is 5.97 Å². The van der Waals surface area contributed by atoms with Crippen molar-refractivity contribution >= 4 is 40.9 Å². The molecule has 6 nitrogen and oxygen atoms in total. The Morgan fingerprint density at radius 3 is 2.63 bits per heavy atom. The Hall–Kier alpha value is -2.80. The van der Waals surface area contributed by atoms with Crippen LogP contribution < -0.4 is 10.2 Å². The standard InChI is InChI=1S/C20H20N2O4S/c1-2-26-20(25)14-7-9-15(10-8-14)21-18(23)11-12-22-16-5-3-4-6-17(16)27-13-19(22)24/h3-10H,2,11-13H2,1H3,(H,21,23). The van der Waals surface area contributed by atoms with Gasteiger partial charge in [0.1, 0.15) is 0 Å². The van der Waals surface area contributed by atoms with E-state index in [2.05, 4.69) is 5.32 Å². The van der Waals surface area contributed by atoms with Crippen LogP contribution >= 0.6 is 11.8 Å². The van der Waals surface area contributed by atoms with Gasteiger partial charge in [0.2, 0.25) is 11.8 Å². The van der Waals surface area contributed by atoms with Crippen LogP contribution in [0.4, 0.5) is 11.4 Å². The van der Waals surface area contributed by atoms with E-state index in [1.54, 1.807) is 36.1 Å². The van der Waals surface area contributed by atoms with E-state index >= 15 is 0 Å². The van der Waals surface area contributed by atoms with E-state index in [4.69, 9.17) is 4.74 Å². The van der Waals surface area contributed by atoms with E-state index in [0.29, 0.717) is 30.2 Å². The van der Waals surface area contributed by atoms with Gasteiger partial charge < -0.3 is 15.0 Å². The van der Waals surface area contributed by atoms with E-state index in [9.17, 15) is 14.4 Å². The van der Waals surface area contributed by atoms with Crippen molar-refractivity contribution in [3.8, 4) is 0 Å². The molecule has 0 spiro atoms. The van der Waals surface area contributed by atoms with Crippen LogP contribution in [0.15, 0.2) is 53.4 Å². The van der Waals surface area contributed by atoms with Crippen LogP contribution in [-0.2, 0) is 14.3 Å². The van der Waals surface area contributed by atoms with Gasteiger partial charge in [0.25, 0.3) is 0 Å². The first-order valence-corrected chi connectivity index (χ1v) is 9.66. The number of thioether (sulfide) groups is 1. The van der Waals surface area contributed by atoms with E-state index in [1.165, 1.54) is 11.8 Å². The number of ether oxygens (including phenoxy) is 1. The SMILES string of the molecule is CCOC(=O)c1ccc(NC(=O)CCN2C(=O)CSc3ccccc32)cc1. The molecule has 0 aromatic heterocycles. The quantitative estimate of drug-likeness (QED) is 0.773. The lowest BCUT2D eigenvalue weighted by Gasteiger charge is -2.28. The maximum Gasteiger partial charge on any atom is 0.338 e. The van der Waals surface area contributed by atoms with Gasteiger partial charge in [-0.1, -0.05) is 12.1 Å². The average molecular weight is 384 g/mol. The molecule has 0 unspecified atom stereocenters. The number of nitrogens with one attached hydrogen (secondary N) is 1. The first-order valence-electron chi connectivity index (χ1n) is 8.67. The molecule has 2 aromatic carbocycles. The Balaban J connectivity index is 1.57. The molecule has 2 amide bonds. The van der Waals surface area contributed by atoms with Crippen LogP contribution in [0.2, 0.25) is 0 Å². The fourth-order valence-electron chi connectivity index (χ4n) is 2.74. The number of carbonyl (C=O) groups excluding carboxylic acids is 3. The summed E-state index contributed by atoms with van der Waals surface area (Å²) in [6.45, 7) is 2.38. The first kappa shape index (κ1) is 19.0. The molecule has 1 N–H and O–H groups in total. The minimum atomic E-state index is -0.393. The zero-order valence-corrected chi connectivity index (χ0v) is 15.8. The molecule has 140 valence electrons. The normalized spacial score (nSPS) is 13.1. The molecule has 3 rings (SSSR count). The number of hydrogen-bond acceptors (Lipinski definition) is 5. The van der Waals surface area contributed by atoms with Crippen molar-refractivity contribution in [1.29, 1.82) is 0 Å². The van der Waals surface area contributed by atoms with Crippen molar-refractivity contribution in [2.45, 2.75) is 18.2 Å². The molecule has 0 fully saturated rings. The Kier molecular flexibility index (Phi) is 6.13. The second kappa shape index (κ2) is 8.73. The van der Waals surface area contributed by atoms with Gasteiger partial charge in [-0.15, -0.1) is 11.8 Å². The summed E-state index contributed by atoms with van der Waals surface area (Å²) in [5.41, 5.74) is 1.88.